The lowest BCUT2D eigenvalue weighted by molar-refractivity contribution is -0.139. The molecule has 0 fully saturated rings. The summed E-state index contributed by atoms with van der Waals surface area (Å²) in [5.41, 5.74) is 2.43. The van der Waals surface area contributed by atoms with E-state index >= 15 is 0 Å². The number of para-hydroxylation sites is 1. The topological polar surface area (TPSA) is 77.9 Å². The molecule has 0 aliphatic carbocycles. The molecule has 0 radical (unpaired) electrons. The van der Waals surface area contributed by atoms with Crippen molar-refractivity contribution in [2.24, 2.45) is 0 Å². The summed E-state index contributed by atoms with van der Waals surface area (Å²) in [7, 11) is 0. The van der Waals surface area contributed by atoms with Gasteiger partial charge in [-0.3, -0.25) is 0 Å². The second-order valence-corrected chi connectivity index (χ2v) is 7.56. The molecule has 0 spiro atoms. The van der Waals surface area contributed by atoms with Crippen molar-refractivity contribution in [3.63, 3.8) is 0 Å². The Morgan fingerprint density at radius 1 is 0.882 bits per heavy atom. The van der Waals surface area contributed by atoms with Crippen molar-refractivity contribution in [2.75, 3.05) is 6.61 Å². The minimum absolute atomic E-state index is 0.128. The van der Waals surface area contributed by atoms with Crippen LogP contribution in [-0.4, -0.2) is 22.7 Å². The summed E-state index contributed by atoms with van der Waals surface area (Å²) < 4.78 is 44.0. The molecule has 0 saturated carbocycles. The van der Waals surface area contributed by atoms with Crippen molar-refractivity contribution in [3.05, 3.63) is 95.2 Å². The highest BCUT2D eigenvalue weighted by molar-refractivity contribution is 5.78. The number of carboxylic acid groups (broad SMARTS) is 1. The molecule has 0 saturated heterocycles. The number of aromatic nitrogens is 1. The van der Waals surface area contributed by atoms with Crippen LogP contribution in [0.2, 0.25) is 0 Å². The zero-order chi connectivity index (χ0) is 24.1. The molecule has 0 amide bonds. The Morgan fingerprint density at radius 3 is 2.35 bits per heavy atom. The molecule has 6 nitrogen and oxygen atoms in total. The standard InChI is InChI=1S/C26H21F2NO5/c1-16-4-2-5-18(26(16)34-15-25(30)31)13-32-20-6-3-7-21(11-20)33-14-19-9-8-17-10-22(27)23(28)12-24(17)29-19/h2-12H,13-15H2,1H3,(H,30,31). The van der Waals surface area contributed by atoms with Gasteiger partial charge in [0.05, 0.1) is 11.2 Å². The SMILES string of the molecule is Cc1cccc(COc2cccc(OCc3ccc4cc(F)c(F)cc4n3)c2)c1OCC(=O)O. The van der Waals surface area contributed by atoms with Crippen LogP contribution in [0.5, 0.6) is 17.2 Å². The summed E-state index contributed by atoms with van der Waals surface area (Å²) in [4.78, 5) is 15.2. The Hall–Kier alpha value is -4.20. The number of pyridine rings is 1. The van der Waals surface area contributed by atoms with Crippen molar-refractivity contribution in [1.29, 1.82) is 0 Å². The van der Waals surface area contributed by atoms with E-state index < -0.39 is 24.2 Å². The summed E-state index contributed by atoms with van der Waals surface area (Å²) >= 11 is 0. The molecule has 1 heterocycles. The van der Waals surface area contributed by atoms with Crippen LogP contribution in [0.15, 0.2) is 66.7 Å². The molecule has 3 aromatic carbocycles. The van der Waals surface area contributed by atoms with Gasteiger partial charge in [-0.1, -0.05) is 30.3 Å². The smallest absolute Gasteiger partial charge is 0.341 e. The molecule has 4 rings (SSSR count). The number of fused-ring (bicyclic) bond motifs is 1. The molecular weight excluding hydrogens is 444 g/mol. The van der Waals surface area contributed by atoms with Crippen molar-refractivity contribution < 1.29 is 32.9 Å². The van der Waals surface area contributed by atoms with Gasteiger partial charge in [0.1, 0.15) is 30.5 Å². The molecule has 0 bridgehead atoms. The van der Waals surface area contributed by atoms with Gasteiger partial charge < -0.3 is 19.3 Å². The predicted octanol–water partition coefficient (Wildman–Crippen LogP) is 5.44. The van der Waals surface area contributed by atoms with Crippen molar-refractivity contribution in [2.45, 2.75) is 20.1 Å². The first-order chi connectivity index (χ1) is 16.4. The van der Waals surface area contributed by atoms with Crippen LogP contribution in [0.25, 0.3) is 10.9 Å². The number of rotatable bonds is 9. The van der Waals surface area contributed by atoms with Gasteiger partial charge in [0, 0.05) is 23.1 Å². The van der Waals surface area contributed by atoms with Crippen LogP contribution in [0.4, 0.5) is 8.78 Å². The lowest BCUT2D eigenvalue weighted by Crippen LogP contribution is -2.12. The highest BCUT2D eigenvalue weighted by Crippen LogP contribution is 2.27. The zero-order valence-corrected chi connectivity index (χ0v) is 18.3. The van der Waals surface area contributed by atoms with Gasteiger partial charge >= 0.3 is 5.97 Å². The number of aliphatic carboxylic acids is 1. The van der Waals surface area contributed by atoms with Gasteiger partial charge in [0.15, 0.2) is 18.2 Å². The van der Waals surface area contributed by atoms with Gasteiger partial charge in [-0.2, -0.15) is 0 Å². The first-order valence-corrected chi connectivity index (χ1v) is 10.4. The largest absolute Gasteiger partial charge is 0.489 e. The Bertz CT molecular complexity index is 1340. The summed E-state index contributed by atoms with van der Waals surface area (Å²) in [5, 5.41) is 9.40. The van der Waals surface area contributed by atoms with E-state index in [1.165, 1.54) is 0 Å². The number of aryl methyl sites for hydroxylation is 1. The summed E-state index contributed by atoms with van der Waals surface area (Å²) in [6, 6.07) is 18.0. The molecular formula is C26H21F2NO5. The molecule has 34 heavy (non-hydrogen) atoms. The van der Waals surface area contributed by atoms with Crippen LogP contribution in [0.1, 0.15) is 16.8 Å². The quantitative estimate of drug-likeness (QED) is 0.355. The number of hydrogen-bond acceptors (Lipinski definition) is 5. The van der Waals surface area contributed by atoms with Gasteiger partial charge in [-0.05, 0) is 36.8 Å². The third kappa shape index (κ3) is 5.58. The van der Waals surface area contributed by atoms with Crippen LogP contribution in [0, 0.1) is 18.6 Å². The normalized spacial score (nSPS) is 10.8. The molecule has 1 N–H and O–H groups in total. The second-order valence-electron chi connectivity index (χ2n) is 7.56. The fourth-order valence-electron chi connectivity index (χ4n) is 3.38. The van der Waals surface area contributed by atoms with E-state index in [9.17, 15) is 13.6 Å². The van der Waals surface area contributed by atoms with Gasteiger partial charge in [-0.25, -0.2) is 18.6 Å². The van der Waals surface area contributed by atoms with Crippen LogP contribution >= 0.6 is 0 Å². The Morgan fingerprint density at radius 2 is 1.59 bits per heavy atom. The van der Waals surface area contributed by atoms with Crippen LogP contribution in [0.3, 0.4) is 0 Å². The third-order valence-electron chi connectivity index (χ3n) is 5.01. The summed E-state index contributed by atoms with van der Waals surface area (Å²) in [6.07, 6.45) is 0. The molecule has 4 aromatic rings. The first-order valence-electron chi connectivity index (χ1n) is 10.4. The van der Waals surface area contributed by atoms with Gasteiger partial charge in [0.2, 0.25) is 0 Å². The fraction of sp³-hybridized carbons (Fsp3) is 0.154. The van der Waals surface area contributed by atoms with Crippen molar-refractivity contribution >= 4 is 16.9 Å². The lowest BCUT2D eigenvalue weighted by Gasteiger charge is -2.14. The van der Waals surface area contributed by atoms with Crippen molar-refractivity contribution in [1.82, 2.24) is 4.98 Å². The summed E-state index contributed by atoms with van der Waals surface area (Å²) in [6.45, 7) is 1.70. The third-order valence-corrected chi connectivity index (χ3v) is 5.01. The zero-order valence-electron chi connectivity index (χ0n) is 18.3. The molecule has 8 heteroatoms. The van der Waals surface area contributed by atoms with Gasteiger partial charge in [-0.15, -0.1) is 0 Å². The van der Waals surface area contributed by atoms with E-state index in [0.29, 0.717) is 33.8 Å². The van der Waals surface area contributed by atoms with Crippen LogP contribution in [-0.2, 0) is 18.0 Å². The van der Waals surface area contributed by atoms with E-state index in [-0.39, 0.29) is 13.2 Å². The Balaban J connectivity index is 1.41. The molecule has 1 aromatic heterocycles. The number of hydrogen-bond donors (Lipinski definition) is 1. The van der Waals surface area contributed by atoms with Crippen molar-refractivity contribution in [3.8, 4) is 17.2 Å². The highest BCUT2D eigenvalue weighted by Gasteiger charge is 2.11. The number of carboxylic acids is 1. The first kappa shape index (κ1) is 23.0. The van der Waals surface area contributed by atoms with Crippen LogP contribution < -0.4 is 14.2 Å². The summed E-state index contributed by atoms with van der Waals surface area (Å²) in [5.74, 6) is -1.35. The average Bonchev–Trinajstić information content (AvgIpc) is 2.81. The Labute approximate surface area is 194 Å². The molecule has 174 valence electrons. The fourth-order valence-corrected chi connectivity index (χ4v) is 3.38. The molecule has 0 aliphatic heterocycles. The predicted molar refractivity (Wildman–Crippen MR) is 121 cm³/mol. The van der Waals surface area contributed by atoms with E-state index in [4.69, 9.17) is 19.3 Å². The maximum Gasteiger partial charge on any atom is 0.341 e. The molecule has 0 unspecified atom stereocenters. The second kappa shape index (κ2) is 10.2. The minimum Gasteiger partial charge on any atom is -0.489 e. The van der Waals surface area contributed by atoms with E-state index in [1.807, 2.05) is 25.1 Å². The highest BCUT2D eigenvalue weighted by atomic mass is 19.2. The average molecular weight is 465 g/mol. The van der Waals surface area contributed by atoms with E-state index in [2.05, 4.69) is 4.98 Å². The monoisotopic (exact) mass is 465 g/mol. The lowest BCUT2D eigenvalue weighted by atomic mass is 10.1. The Kier molecular flexibility index (Phi) is 6.87. The number of nitrogens with zero attached hydrogens (tertiary/aromatic N) is 1. The number of ether oxygens (including phenoxy) is 3. The van der Waals surface area contributed by atoms with E-state index in [1.54, 1.807) is 36.4 Å². The maximum absolute atomic E-state index is 13.5. The molecule has 0 aliphatic rings. The number of benzene rings is 3. The number of carbonyl (C=O) groups is 1. The number of halogens is 2. The minimum atomic E-state index is -1.06. The van der Waals surface area contributed by atoms with E-state index in [0.717, 1.165) is 23.3 Å². The molecule has 0 atom stereocenters. The maximum atomic E-state index is 13.5. The van der Waals surface area contributed by atoms with Gasteiger partial charge in [0.25, 0.3) is 0 Å².